The van der Waals surface area contributed by atoms with E-state index in [9.17, 15) is 24.3 Å². The largest absolute Gasteiger partial charge is 0.480 e. The van der Waals surface area contributed by atoms with Gasteiger partial charge in [-0.1, -0.05) is 25.5 Å². The summed E-state index contributed by atoms with van der Waals surface area (Å²) in [5.41, 5.74) is 6.12. The SMILES string of the molecule is CCCc1cccc2c1C(=O)N(C(CC(N)=O)C(=O)O)C2=O. The Hall–Kier alpha value is -2.70. The summed E-state index contributed by atoms with van der Waals surface area (Å²) < 4.78 is 0. The number of primary amides is 1. The zero-order chi connectivity index (χ0) is 16.4. The first-order valence-electron chi connectivity index (χ1n) is 6.89. The van der Waals surface area contributed by atoms with Gasteiger partial charge in [-0.15, -0.1) is 0 Å². The van der Waals surface area contributed by atoms with E-state index in [2.05, 4.69) is 0 Å². The fourth-order valence-corrected chi connectivity index (χ4v) is 2.61. The predicted octanol–water partition coefficient (Wildman–Crippen LogP) is 0.564. The quantitative estimate of drug-likeness (QED) is 0.745. The Labute approximate surface area is 126 Å². The van der Waals surface area contributed by atoms with Gasteiger partial charge in [0.2, 0.25) is 5.91 Å². The first-order chi connectivity index (χ1) is 10.4. The number of carbonyl (C=O) groups excluding carboxylic acids is 3. The lowest BCUT2D eigenvalue weighted by Gasteiger charge is -2.21. The summed E-state index contributed by atoms with van der Waals surface area (Å²) in [7, 11) is 0. The van der Waals surface area contributed by atoms with E-state index in [0.29, 0.717) is 16.9 Å². The molecule has 0 saturated heterocycles. The highest BCUT2D eigenvalue weighted by atomic mass is 16.4. The number of benzene rings is 1. The molecule has 0 aliphatic carbocycles. The Morgan fingerprint density at radius 2 is 1.95 bits per heavy atom. The van der Waals surface area contributed by atoms with Crippen LogP contribution in [0.1, 0.15) is 46.0 Å². The van der Waals surface area contributed by atoms with Gasteiger partial charge >= 0.3 is 5.97 Å². The van der Waals surface area contributed by atoms with Crippen LogP contribution in [0.25, 0.3) is 0 Å². The fraction of sp³-hybridized carbons (Fsp3) is 0.333. The second kappa shape index (κ2) is 5.97. The Kier molecular flexibility index (Phi) is 4.25. The van der Waals surface area contributed by atoms with E-state index in [0.717, 1.165) is 6.42 Å². The van der Waals surface area contributed by atoms with Crippen LogP contribution in [-0.2, 0) is 16.0 Å². The zero-order valence-electron chi connectivity index (χ0n) is 12.0. The zero-order valence-corrected chi connectivity index (χ0v) is 12.0. The van der Waals surface area contributed by atoms with Gasteiger partial charge in [-0.05, 0) is 18.1 Å². The molecule has 1 aromatic carbocycles. The maximum Gasteiger partial charge on any atom is 0.327 e. The van der Waals surface area contributed by atoms with Gasteiger partial charge in [0.05, 0.1) is 17.5 Å². The normalized spacial score (nSPS) is 14.9. The van der Waals surface area contributed by atoms with Crippen LogP contribution in [0.2, 0.25) is 0 Å². The molecule has 1 unspecified atom stereocenters. The summed E-state index contributed by atoms with van der Waals surface area (Å²) in [4.78, 5) is 47.9. The number of aryl methyl sites for hydroxylation is 1. The van der Waals surface area contributed by atoms with Gasteiger partial charge in [0.25, 0.3) is 11.8 Å². The molecule has 1 atom stereocenters. The molecule has 22 heavy (non-hydrogen) atoms. The molecular weight excluding hydrogens is 288 g/mol. The molecule has 0 bridgehead atoms. The van der Waals surface area contributed by atoms with Crippen LogP contribution in [0, 0.1) is 0 Å². The van der Waals surface area contributed by atoms with Crippen molar-refractivity contribution in [1.29, 1.82) is 0 Å². The molecule has 0 saturated carbocycles. The molecule has 3 N–H and O–H groups in total. The van der Waals surface area contributed by atoms with Crippen LogP contribution < -0.4 is 5.73 Å². The molecule has 0 fully saturated rings. The van der Waals surface area contributed by atoms with Crippen LogP contribution in [0.4, 0.5) is 0 Å². The molecule has 2 rings (SSSR count). The van der Waals surface area contributed by atoms with E-state index >= 15 is 0 Å². The van der Waals surface area contributed by atoms with E-state index < -0.39 is 36.2 Å². The number of nitrogens with zero attached hydrogens (tertiary/aromatic N) is 1. The van der Waals surface area contributed by atoms with Gasteiger partial charge in [-0.2, -0.15) is 0 Å². The van der Waals surface area contributed by atoms with Crippen molar-refractivity contribution in [1.82, 2.24) is 4.90 Å². The second-order valence-corrected chi connectivity index (χ2v) is 5.09. The molecular formula is C15H16N2O5. The number of hydrogen-bond acceptors (Lipinski definition) is 4. The number of carboxylic acid groups (broad SMARTS) is 1. The Bertz CT molecular complexity index is 668. The van der Waals surface area contributed by atoms with Crippen molar-refractivity contribution in [2.24, 2.45) is 5.73 Å². The van der Waals surface area contributed by atoms with E-state index in [4.69, 9.17) is 5.73 Å². The van der Waals surface area contributed by atoms with Crippen LogP contribution in [0.5, 0.6) is 0 Å². The topological polar surface area (TPSA) is 118 Å². The first-order valence-corrected chi connectivity index (χ1v) is 6.89. The van der Waals surface area contributed by atoms with E-state index in [1.807, 2.05) is 6.92 Å². The number of rotatable bonds is 6. The van der Waals surface area contributed by atoms with Crippen molar-refractivity contribution in [2.75, 3.05) is 0 Å². The predicted molar refractivity (Wildman–Crippen MR) is 76.2 cm³/mol. The fourth-order valence-electron chi connectivity index (χ4n) is 2.61. The molecule has 116 valence electrons. The monoisotopic (exact) mass is 304 g/mol. The smallest absolute Gasteiger partial charge is 0.327 e. The molecule has 0 aromatic heterocycles. The van der Waals surface area contributed by atoms with Gasteiger partial charge < -0.3 is 10.8 Å². The highest BCUT2D eigenvalue weighted by Gasteiger charge is 2.44. The number of aliphatic carboxylic acids is 1. The molecule has 0 spiro atoms. The van der Waals surface area contributed by atoms with Crippen LogP contribution in [0.3, 0.4) is 0 Å². The summed E-state index contributed by atoms with van der Waals surface area (Å²) in [5.74, 6) is -3.72. The van der Waals surface area contributed by atoms with Gasteiger partial charge in [0.1, 0.15) is 6.04 Å². The van der Waals surface area contributed by atoms with Crippen molar-refractivity contribution >= 4 is 23.7 Å². The van der Waals surface area contributed by atoms with E-state index in [-0.39, 0.29) is 11.1 Å². The number of nitrogens with two attached hydrogens (primary N) is 1. The number of fused-ring (bicyclic) bond motifs is 1. The molecule has 1 heterocycles. The Balaban J connectivity index is 2.48. The second-order valence-electron chi connectivity index (χ2n) is 5.09. The number of carboxylic acids is 1. The lowest BCUT2D eigenvalue weighted by molar-refractivity contribution is -0.143. The Morgan fingerprint density at radius 3 is 2.50 bits per heavy atom. The minimum absolute atomic E-state index is 0.173. The number of carbonyl (C=O) groups is 4. The van der Waals surface area contributed by atoms with Gasteiger partial charge in [-0.25, -0.2) is 4.79 Å². The number of hydrogen-bond donors (Lipinski definition) is 2. The van der Waals surface area contributed by atoms with Gasteiger partial charge in [0.15, 0.2) is 0 Å². The molecule has 1 aliphatic heterocycles. The minimum atomic E-state index is -1.58. The van der Waals surface area contributed by atoms with Crippen molar-refractivity contribution in [3.8, 4) is 0 Å². The molecule has 7 heteroatoms. The number of amides is 3. The number of imide groups is 1. The average Bonchev–Trinajstić information content (AvgIpc) is 2.69. The third-order valence-electron chi connectivity index (χ3n) is 3.54. The lowest BCUT2D eigenvalue weighted by atomic mass is 9.99. The molecule has 0 radical (unpaired) electrons. The maximum absolute atomic E-state index is 12.5. The third-order valence-corrected chi connectivity index (χ3v) is 3.54. The minimum Gasteiger partial charge on any atom is -0.480 e. The van der Waals surface area contributed by atoms with Crippen LogP contribution in [0.15, 0.2) is 18.2 Å². The molecule has 3 amide bonds. The highest BCUT2D eigenvalue weighted by molar-refractivity contribution is 6.23. The highest BCUT2D eigenvalue weighted by Crippen LogP contribution is 2.29. The summed E-state index contributed by atoms with van der Waals surface area (Å²) in [6, 6.07) is 3.29. The third kappa shape index (κ3) is 2.57. The lowest BCUT2D eigenvalue weighted by Crippen LogP contribution is -2.46. The Morgan fingerprint density at radius 1 is 1.27 bits per heavy atom. The summed E-state index contributed by atoms with van der Waals surface area (Å²) in [5, 5.41) is 9.22. The van der Waals surface area contributed by atoms with E-state index in [1.165, 1.54) is 6.07 Å². The van der Waals surface area contributed by atoms with E-state index in [1.54, 1.807) is 12.1 Å². The maximum atomic E-state index is 12.5. The van der Waals surface area contributed by atoms with Crippen LogP contribution in [-0.4, -0.2) is 39.7 Å². The molecule has 1 aromatic rings. The first kappa shape index (κ1) is 15.7. The van der Waals surface area contributed by atoms with Crippen molar-refractivity contribution in [2.45, 2.75) is 32.2 Å². The molecule has 7 nitrogen and oxygen atoms in total. The summed E-state index contributed by atoms with van der Waals surface area (Å²) >= 11 is 0. The van der Waals surface area contributed by atoms with Crippen molar-refractivity contribution in [3.63, 3.8) is 0 Å². The summed E-state index contributed by atoms with van der Waals surface area (Å²) in [6.45, 7) is 1.94. The average molecular weight is 304 g/mol. The molecule has 1 aliphatic rings. The standard InChI is InChI=1S/C15H16N2O5/c1-2-4-8-5-3-6-9-12(8)14(20)17(13(9)19)10(15(21)22)7-11(16)18/h3,5-6,10H,2,4,7H2,1H3,(H2,16,18)(H,21,22). The summed E-state index contributed by atoms with van der Waals surface area (Å²) in [6.07, 6.45) is 0.773. The van der Waals surface area contributed by atoms with Gasteiger partial charge in [0, 0.05) is 0 Å². The van der Waals surface area contributed by atoms with Crippen molar-refractivity contribution in [3.05, 3.63) is 34.9 Å². The van der Waals surface area contributed by atoms with Crippen molar-refractivity contribution < 1.29 is 24.3 Å². The van der Waals surface area contributed by atoms with Crippen LogP contribution >= 0.6 is 0 Å². The van der Waals surface area contributed by atoms with Gasteiger partial charge in [-0.3, -0.25) is 19.3 Å².